The second-order valence-corrected chi connectivity index (χ2v) is 12.4. The Bertz CT molecular complexity index is 1650. The zero-order valence-electron chi connectivity index (χ0n) is 20.4. The summed E-state index contributed by atoms with van der Waals surface area (Å²) in [6.07, 6.45) is 5.76. The van der Waals surface area contributed by atoms with Gasteiger partial charge in [0, 0.05) is 12.5 Å². The molecule has 2 atom stereocenters. The Morgan fingerprint density at radius 1 is 1.11 bits per heavy atom. The molecule has 1 fully saturated rings. The van der Waals surface area contributed by atoms with Gasteiger partial charge >= 0.3 is 0 Å². The van der Waals surface area contributed by atoms with Crippen LogP contribution in [0, 0.1) is 17.0 Å². The molecule has 0 radical (unpaired) electrons. The lowest BCUT2D eigenvalue weighted by Gasteiger charge is -2.37. The van der Waals surface area contributed by atoms with Crippen LogP contribution in [0.25, 0.3) is 17.2 Å². The Morgan fingerprint density at radius 3 is 2.59 bits per heavy atom. The molecule has 0 amide bonds. The van der Waals surface area contributed by atoms with Crippen LogP contribution in [0.1, 0.15) is 55.4 Å². The number of fused-ring (bicyclic) bond motifs is 5. The van der Waals surface area contributed by atoms with E-state index in [0.717, 1.165) is 36.0 Å². The molecular formula is C25H23F2N7O2S. The molecule has 0 N–H and O–H groups in total. The topological polar surface area (TPSA) is 116 Å². The fraction of sp³-hybridized carbons (Fsp3) is 0.360. The van der Waals surface area contributed by atoms with E-state index >= 15 is 0 Å². The van der Waals surface area contributed by atoms with Crippen molar-refractivity contribution >= 4 is 9.84 Å². The van der Waals surface area contributed by atoms with Gasteiger partial charge < -0.3 is 0 Å². The molecule has 1 saturated carbocycles. The normalized spacial score (nSPS) is 21.8. The van der Waals surface area contributed by atoms with Gasteiger partial charge in [0.25, 0.3) is 5.95 Å². The van der Waals surface area contributed by atoms with Crippen LogP contribution in [0.2, 0.25) is 0 Å². The summed E-state index contributed by atoms with van der Waals surface area (Å²) >= 11 is 0. The van der Waals surface area contributed by atoms with Gasteiger partial charge in [-0.15, -0.1) is 10.2 Å². The largest absolute Gasteiger partial charge is 0.252 e. The third kappa shape index (κ3) is 3.49. The summed E-state index contributed by atoms with van der Waals surface area (Å²) in [5.41, 5.74) is 1.45. The van der Waals surface area contributed by atoms with Crippen molar-refractivity contribution in [2.45, 2.75) is 43.8 Å². The molecule has 1 aromatic carbocycles. The van der Waals surface area contributed by atoms with Crippen LogP contribution >= 0.6 is 0 Å². The summed E-state index contributed by atoms with van der Waals surface area (Å²) < 4.78 is 53.6. The van der Waals surface area contributed by atoms with Crippen molar-refractivity contribution in [3.05, 3.63) is 77.3 Å². The highest BCUT2D eigenvalue weighted by atomic mass is 32.2. The van der Waals surface area contributed by atoms with Crippen LogP contribution in [-0.2, 0) is 21.0 Å². The molecule has 0 saturated heterocycles. The van der Waals surface area contributed by atoms with Crippen molar-refractivity contribution in [2.75, 3.05) is 6.26 Å². The Balaban J connectivity index is 1.45. The lowest BCUT2D eigenvalue weighted by Crippen LogP contribution is -2.38. The number of halogens is 2. The number of nitrogens with zero attached hydrogens (tertiary/aromatic N) is 7. The first-order valence-corrected chi connectivity index (χ1v) is 13.8. The highest BCUT2D eigenvalue weighted by Crippen LogP contribution is 2.69. The number of hydrogen-bond donors (Lipinski definition) is 0. The number of sulfone groups is 1. The Morgan fingerprint density at radius 2 is 1.86 bits per heavy atom. The lowest BCUT2D eigenvalue weighted by atomic mass is 9.66. The average Bonchev–Trinajstić information content (AvgIpc) is 3.45. The molecule has 3 heterocycles. The van der Waals surface area contributed by atoms with E-state index in [1.807, 2.05) is 6.07 Å². The summed E-state index contributed by atoms with van der Waals surface area (Å²) in [4.78, 5) is 13.2. The van der Waals surface area contributed by atoms with Gasteiger partial charge in [-0.3, -0.25) is 0 Å². The van der Waals surface area contributed by atoms with Crippen LogP contribution in [0.5, 0.6) is 0 Å². The molecule has 0 spiro atoms. The molecule has 12 heteroatoms. The van der Waals surface area contributed by atoms with E-state index in [2.05, 4.69) is 39.1 Å². The van der Waals surface area contributed by atoms with Gasteiger partial charge in [-0.05, 0) is 54.0 Å². The first-order valence-electron chi connectivity index (χ1n) is 11.8. The van der Waals surface area contributed by atoms with Gasteiger partial charge in [-0.25, -0.2) is 32.2 Å². The molecule has 9 nitrogen and oxygen atoms in total. The zero-order valence-corrected chi connectivity index (χ0v) is 21.2. The van der Waals surface area contributed by atoms with E-state index in [0.29, 0.717) is 0 Å². The van der Waals surface area contributed by atoms with E-state index in [1.165, 1.54) is 29.2 Å². The van der Waals surface area contributed by atoms with Gasteiger partial charge in [0.1, 0.15) is 23.7 Å². The zero-order chi connectivity index (χ0) is 26.2. The molecule has 0 aliphatic heterocycles. The highest BCUT2D eigenvalue weighted by Gasteiger charge is 2.65. The monoisotopic (exact) mass is 523 g/mol. The smallest absolute Gasteiger partial charge is 0.229 e. The van der Waals surface area contributed by atoms with E-state index in [9.17, 15) is 17.2 Å². The second-order valence-electron chi connectivity index (χ2n) is 10.3. The molecular weight excluding hydrogens is 500 g/mol. The molecule has 190 valence electrons. The molecule has 2 bridgehead atoms. The highest BCUT2D eigenvalue weighted by molar-refractivity contribution is 7.89. The molecule has 2 aliphatic carbocycles. The second kappa shape index (κ2) is 7.91. The quantitative estimate of drug-likeness (QED) is 0.390. The van der Waals surface area contributed by atoms with E-state index in [4.69, 9.17) is 4.98 Å². The summed E-state index contributed by atoms with van der Waals surface area (Å²) in [6.45, 7) is 4.30. The molecule has 0 unspecified atom stereocenters. The minimum Gasteiger partial charge on any atom is -0.229 e. The Hall–Kier alpha value is -3.67. The van der Waals surface area contributed by atoms with Gasteiger partial charge in [-0.1, -0.05) is 19.9 Å². The SMILES string of the molecule is CC1(C)[C@H]2CC[C@@]1(c1ccnc(-n3cnc(CS(C)(=O)=O)n3)n1)c1nnc(-c3c(F)cccc3F)cc12. The average molecular weight is 524 g/mol. The maximum Gasteiger partial charge on any atom is 0.252 e. The van der Waals surface area contributed by atoms with Gasteiger partial charge in [-0.2, -0.15) is 9.78 Å². The van der Waals surface area contributed by atoms with Crippen LogP contribution in [0.15, 0.2) is 42.9 Å². The summed E-state index contributed by atoms with van der Waals surface area (Å²) in [6, 6.07) is 7.33. The van der Waals surface area contributed by atoms with Crippen LogP contribution in [0.3, 0.4) is 0 Å². The third-order valence-corrected chi connectivity index (χ3v) is 8.60. The predicted molar refractivity (Wildman–Crippen MR) is 129 cm³/mol. The van der Waals surface area contributed by atoms with Crippen molar-refractivity contribution < 1.29 is 17.2 Å². The van der Waals surface area contributed by atoms with Crippen molar-refractivity contribution in [1.29, 1.82) is 0 Å². The number of hydrogen-bond acceptors (Lipinski definition) is 8. The summed E-state index contributed by atoms with van der Waals surface area (Å²) in [5.74, 6) is -1.15. The van der Waals surface area contributed by atoms with Crippen LogP contribution < -0.4 is 0 Å². The van der Waals surface area contributed by atoms with E-state index in [1.54, 1.807) is 12.3 Å². The number of benzene rings is 1. The number of aromatic nitrogens is 7. The fourth-order valence-corrected chi connectivity index (χ4v) is 6.75. The van der Waals surface area contributed by atoms with Gasteiger partial charge in [0.15, 0.2) is 15.7 Å². The lowest BCUT2D eigenvalue weighted by molar-refractivity contribution is 0.242. The number of rotatable bonds is 5. The Kier molecular flexibility index (Phi) is 5.07. The molecule has 2 aliphatic rings. The van der Waals surface area contributed by atoms with Crippen molar-refractivity contribution in [1.82, 2.24) is 34.9 Å². The van der Waals surface area contributed by atoms with Gasteiger partial charge in [0.05, 0.1) is 28.1 Å². The van der Waals surface area contributed by atoms with Crippen LogP contribution in [0.4, 0.5) is 8.78 Å². The Labute approximate surface area is 212 Å². The summed E-state index contributed by atoms with van der Waals surface area (Å²) in [7, 11) is -3.29. The molecule has 4 aromatic rings. The fourth-order valence-electron chi connectivity index (χ4n) is 6.15. The van der Waals surface area contributed by atoms with E-state index in [-0.39, 0.29) is 40.1 Å². The molecule has 3 aromatic heterocycles. The molecule has 6 rings (SSSR count). The minimum atomic E-state index is -3.29. The predicted octanol–water partition coefficient (Wildman–Crippen LogP) is 3.54. The third-order valence-electron chi connectivity index (χ3n) is 7.82. The van der Waals surface area contributed by atoms with Crippen molar-refractivity contribution in [2.24, 2.45) is 5.41 Å². The molecule has 37 heavy (non-hydrogen) atoms. The van der Waals surface area contributed by atoms with E-state index < -0.39 is 26.9 Å². The van der Waals surface area contributed by atoms with Crippen molar-refractivity contribution in [3.63, 3.8) is 0 Å². The first kappa shape index (κ1) is 23.7. The minimum absolute atomic E-state index is 0.0951. The first-order chi connectivity index (χ1) is 17.5. The maximum atomic E-state index is 14.5. The standard InChI is InChI=1S/C25H23F2N7O2S/c1-24(2)15-7-9-25(24,22-14(15)11-18(31-32-22)21-16(26)5-4-6-17(21)27)19-8-10-28-23(30-19)34-13-29-20(33-34)12-37(3,35)36/h4-6,8,10-11,13,15H,7,9,12H2,1-3H3/t15-,25+/m0/s1. The van der Waals surface area contributed by atoms with Crippen LogP contribution in [-0.4, -0.2) is 49.6 Å². The summed E-state index contributed by atoms with van der Waals surface area (Å²) in [5, 5.41) is 13.0. The van der Waals surface area contributed by atoms with Gasteiger partial charge in [0.2, 0.25) is 0 Å². The van der Waals surface area contributed by atoms with Crippen molar-refractivity contribution in [3.8, 4) is 17.2 Å². The maximum absolute atomic E-state index is 14.5.